The van der Waals surface area contributed by atoms with Crippen molar-refractivity contribution in [3.8, 4) is 0 Å². The highest BCUT2D eigenvalue weighted by molar-refractivity contribution is 5.99. The molecule has 1 unspecified atom stereocenters. The molecule has 3 rings (SSSR count). The van der Waals surface area contributed by atoms with Crippen molar-refractivity contribution in [1.82, 2.24) is 4.90 Å². The first kappa shape index (κ1) is 18.9. The third-order valence-electron chi connectivity index (χ3n) is 4.63. The number of benzene rings is 2. The Bertz CT molecular complexity index is 891. The Morgan fingerprint density at radius 1 is 1.11 bits per heavy atom. The molecule has 2 aromatic rings. The lowest BCUT2D eigenvalue weighted by atomic mass is 10.00. The van der Waals surface area contributed by atoms with Crippen molar-refractivity contribution in [2.75, 3.05) is 19.4 Å². The summed E-state index contributed by atoms with van der Waals surface area (Å²) in [5.74, 6) is -1.35. The first-order chi connectivity index (χ1) is 12.7. The molecule has 1 atom stereocenters. The largest absolute Gasteiger partial charge is 0.416 e. The summed E-state index contributed by atoms with van der Waals surface area (Å²) < 4.78 is 39.6. The first-order valence-corrected chi connectivity index (χ1v) is 8.49. The summed E-state index contributed by atoms with van der Waals surface area (Å²) >= 11 is 0. The monoisotopic (exact) mass is 376 g/mol. The third-order valence-corrected chi connectivity index (χ3v) is 4.63. The minimum Gasteiger partial charge on any atom is -0.345 e. The van der Waals surface area contributed by atoms with Crippen molar-refractivity contribution >= 4 is 17.5 Å². The van der Waals surface area contributed by atoms with Gasteiger partial charge in [-0.15, -0.1) is 0 Å². The highest BCUT2D eigenvalue weighted by atomic mass is 19.4. The zero-order valence-electron chi connectivity index (χ0n) is 14.9. The predicted molar refractivity (Wildman–Crippen MR) is 95.6 cm³/mol. The van der Waals surface area contributed by atoms with Crippen LogP contribution in [0.25, 0.3) is 0 Å². The van der Waals surface area contributed by atoms with Gasteiger partial charge in [-0.3, -0.25) is 9.59 Å². The maximum Gasteiger partial charge on any atom is 0.416 e. The van der Waals surface area contributed by atoms with Crippen LogP contribution in [0.2, 0.25) is 0 Å². The molecule has 0 saturated carbocycles. The van der Waals surface area contributed by atoms with Crippen LogP contribution >= 0.6 is 0 Å². The van der Waals surface area contributed by atoms with E-state index in [0.29, 0.717) is 6.42 Å². The molecule has 0 spiro atoms. The second-order valence-corrected chi connectivity index (χ2v) is 6.78. The van der Waals surface area contributed by atoms with E-state index in [1.54, 1.807) is 0 Å². The van der Waals surface area contributed by atoms with Gasteiger partial charge in [-0.2, -0.15) is 13.2 Å². The van der Waals surface area contributed by atoms with Crippen LogP contribution in [-0.4, -0.2) is 30.8 Å². The van der Waals surface area contributed by atoms with Crippen LogP contribution in [0.5, 0.6) is 0 Å². The Labute approximate surface area is 155 Å². The van der Waals surface area contributed by atoms with Gasteiger partial charge in [0.1, 0.15) is 0 Å². The van der Waals surface area contributed by atoms with Gasteiger partial charge in [-0.25, -0.2) is 0 Å². The molecule has 27 heavy (non-hydrogen) atoms. The lowest BCUT2D eigenvalue weighted by Crippen LogP contribution is -2.24. The second-order valence-electron chi connectivity index (χ2n) is 6.78. The number of hydrogen-bond acceptors (Lipinski definition) is 2. The van der Waals surface area contributed by atoms with Gasteiger partial charge in [0.15, 0.2) is 0 Å². The number of nitrogens with zero attached hydrogens (tertiary/aromatic N) is 1. The van der Waals surface area contributed by atoms with Crippen molar-refractivity contribution in [2.45, 2.75) is 24.9 Å². The molecule has 0 aliphatic heterocycles. The fraction of sp³-hybridized carbons (Fsp3) is 0.300. The van der Waals surface area contributed by atoms with Crippen molar-refractivity contribution in [2.24, 2.45) is 0 Å². The van der Waals surface area contributed by atoms with Crippen molar-refractivity contribution in [1.29, 1.82) is 0 Å². The highest BCUT2D eigenvalue weighted by Gasteiger charge is 2.33. The van der Waals surface area contributed by atoms with E-state index in [4.69, 9.17) is 0 Å². The number of fused-ring (bicyclic) bond motifs is 1. The topological polar surface area (TPSA) is 49.4 Å². The number of carbonyl (C=O) groups excluding carboxylic acids is 2. The Morgan fingerprint density at radius 2 is 1.81 bits per heavy atom. The molecule has 1 aliphatic rings. The van der Waals surface area contributed by atoms with Crippen molar-refractivity contribution < 1.29 is 22.8 Å². The minimum atomic E-state index is -4.62. The molecule has 0 fully saturated rings. The molecule has 2 amide bonds. The van der Waals surface area contributed by atoms with E-state index in [9.17, 15) is 22.8 Å². The summed E-state index contributed by atoms with van der Waals surface area (Å²) in [6, 6.07) is 10.5. The number of rotatable bonds is 3. The summed E-state index contributed by atoms with van der Waals surface area (Å²) in [4.78, 5) is 26.0. The molecule has 0 heterocycles. The number of alkyl halides is 3. The number of anilines is 1. The second kappa shape index (κ2) is 7.06. The summed E-state index contributed by atoms with van der Waals surface area (Å²) in [5, 5.41) is 2.56. The molecule has 2 aromatic carbocycles. The minimum absolute atomic E-state index is 0.0376. The predicted octanol–water partition coefficient (Wildman–Crippen LogP) is 4.08. The molecule has 1 N–H and O–H groups in total. The summed E-state index contributed by atoms with van der Waals surface area (Å²) in [6.07, 6.45) is -3.27. The molecular weight excluding hydrogens is 357 g/mol. The van der Waals surface area contributed by atoms with Gasteiger partial charge in [0.25, 0.3) is 5.91 Å². The maximum absolute atomic E-state index is 13.2. The molecule has 0 aromatic heterocycles. The van der Waals surface area contributed by atoms with Crippen molar-refractivity contribution in [3.63, 3.8) is 0 Å². The molecule has 0 saturated heterocycles. The zero-order chi connectivity index (χ0) is 19.8. The van der Waals surface area contributed by atoms with E-state index in [2.05, 4.69) is 5.32 Å². The number of halogens is 3. The normalized spacial score (nSPS) is 16.0. The van der Waals surface area contributed by atoms with Crippen LogP contribution in [0.1, 0.15) is 39.4 Å². The van der Waals surface area contributed by atoms with Crippen molar-refractivity contribution in [3.05, 3.63) is 64.7 Å². The van der Waals surface area contributed by atoms with Crippen LogP contribution in [0.3, 0.4) is 0 Å². The Balaban J connectivity index is 1.91. The summed E-state index contributed by atoms with van der Waals surface area (Å²) in [6.45, 7) is 0. The molecule has 0 bridgehead atoms. The molecule has 0 radical (unpaired) electrons. The summed E-state index contributed by atoms with van der Waals surface area (Å²) in [5.41, 5.74) is 0.829. The Hall–Kier alpha value is -2.83. The molecule has 7 heteroatoms. The van der Waals surface area contributed by atoms with E-state index in [1.807, 2.05) is 24.3 Å². The standard InChI is InChI=1S/C20H19F3N2O2/c1-25(2)19(27)13-9-14(20(21,22)23)11-15(10-13)24-18(26)17-8-7-12-5-3-4-6-16(12)17/h3-6,9-11,17H,7-8H2,1-2H3,(H,24,26). The molecular formula is C20H19F3N2O2. The number of aryl methyl sites for hydroxylation is 1. The first-order valence-electron chi connectivity index (χ1n) is 8.49. The van der Waals surface area contributed by atoms with Gasteiger partial charge in [0, 0.05) is 25.3 Å². The van der Waals surface area contributed by atoms with Gasteiger partial charge in [-0.1, -0.05) is 24.3 Å². The average molecular weight is 376 g/mol. The quantitative estimate of drug-likeness (QED) is 0.878. The number of carbonyl (C=O) groups is 2. The van der Waals surface area contributed by atoms with E-state index < -0.39 is 23.6 Å². The lowest BCUT2D eigenvalue weighted by molar-refractivity contribution is -0.137. The van der Waals surface area contributed by atoms with E-state index >= 15 is 0 Å². The van der Waals surface area contributed by atoms with Crippen LogP contribution in [0.4, 0.5) is 18.9 Å². The summed E-state index contributed by atoms with van der Waals surface area (Å²) in [7, 11) is 2.91. The average Bonchev–Trinajstić information content (AvgIpc) is 3.04. The molecule has 4 nitrogen and oxygen atoms in total. The fourth-order valence-electron chi connectivity index (χ4n) is 3.30. The van der Waals surface area contributed by atoms with Crippen LogP contribution in [0.15, 0.2) is 42.5 Å². The fourth-order valence-corrected chi connectivity index (χ4v) is 3.30. The lowest BCUT2D eigenvalue weighted by Gasteiger charge is -2.17. The van der Waals surface area contributed by atoms with Gasteiger partial charge in [0.2, 0.25) is 5.91 Å². The van der Waals surface area contributed by atoms with Crippen LogP contribution in [0, 0.1) is 0 Å². The number of nitrogens with one attached hydrogen (secondary N) is 1. The third kappa shape index (κ3) is 3.97. The SMILES string of the molecule is CN(C)C(=O)c1cc(NC(=O)C2CCc3ccccc32)cc(C(F)(F)F)c1. The number of hydrogen-bond donors (Lipinski definition) is 1. The highest BCUT2D eigenvalue weighted by Crippen LogP contribution is 2.35. The molecule has 1 aliphatic carbocycles. The van der Waals surface area contributed by atoms with E-state index in [1.165, 1.54) is 25.1 Å². The van der Waals surface area contributed by atoms with Gasteiger partial charge >= 0.3 is 6.18 Å². The van der Waals surface area contributed by atoms with Gasteiger partial charge in [-0.05, 0) is 42.2 Å². The van der Waals surface area contributed by atoms with Gasteiger partial charge in [0.05, 0.1) is 11.5 Å². The zero-order valence-corrected chi connectivity index (χ0v) is 14.9. The van der Waals surface area contributed by atoms with E-state index in [-0.39, 0.29) is 17.2 Å². The maximum atomic E-state index is 13.2. The van der Waals surface area contributed by atoms with Gasteiger partial charge < -0.3 is 10.2 Å². The Morgan fingerprint density at radius 3 is 2.48 bits per heavy atom. The molecule has 142 valence electrons. The van der Waals surface area contributed by atoms with E-state index in [0.717, 1.165) is 29.7 Å². The number of amides is 2. The van der Waals surface area contributed by atoms with Crippen LogP contribution < -0.4 is 5.32 Å². The van der Waals surface area contributed by atoms with Crippen LogP contribution in [-0.2, 0) is 17.4 Å². The smallest absolute Gasteiger partial charge is 0.345 e. The Kier molecular flexibility index (Phi) is 4.95.